The highest BCUT2D eigenvalue weighted by Crippen LogP contribution is 2.47. The minimum Gasteiger partial charge on any atom is -0.346 e. The van der Waals surface area contributed by atoms with E-state index in [1.807, 2.05) is 55.5 Å². The zero-order chi connectivity index (χ0) is 17.2. The van der Waals surface area contributed by atoms with Crippen LogP contribution in [0.1, 0.15) is 30.4 Å². The maximum absolute atomic E-state index is 12.3. The molecule has 2 amide bonds. The van der Waals surface area contributed by atoms with E-state index in [2.05, 4.69) is 10.6 Å². The first-order valence-corrected chi connectivity index (χ1v) is 8.29. The molecule has 0 atom stereocenters. The van der Waals surface area contributed by atoms with Gasteiger partial charge in [0, 0.05) is 10.7 Å². The predicted octanol–water partition coefficient (Wildman–Crippen LogP) is 3.78. The fraction of sp³-hybridized carbons (Fsp3) is 0.263. The topological polar surface area (TPSA) is 58.2 Å². The lowest BCUT2D eigenvalue weighted by Crippen LogP contribution is -2.37. The van der Waals surface area contributed by atoms with Crippen LogP contribution in [-0.4, -0.2) is 11.8 Å². The van der Waals surface area contributed by atoms with Crippen LogP contribution in [0, 0.1) is 6.92 Å². The van der Waals surface area contributed by atoms with Crippen molar-refractivity contribution in [3.8, 4) is 0 Å². The number of rotatable bonds is 5. The molecule has 2 aromatic carbocycles. The van der Waals surface area contributed by atoms with Crippen LogP contribution >= 0.6 is 11.6 Å². The lowest BCUT2D eigenvalue weighted by Gasteiger charge is -2.19. The summed E-state index contributed by atoms with van der Waals surface area (Å²) < 4.78 is 0. The van der Waals surface area contributed by atoms with Crippen LogP contribution in [0.3, 0.4) is 0 Å². The molecule has 1 aliphatic rings. The second kappa shape index (κ2) is 6.65. The summed E-state index contributed by atoms with van der Waals surface area (Å²) in [7, 11) is 0. The highest BCUT2D eigenvalue weighted by molar-refractivity contribution is 6.31. The summed E-state index contributed by atoms with van der Waals surface area (Å²) in [5.41, 5.74) is 2.18. The minimum atomic E-state index is -0.418. The van der Waals surface area contributed by atoms with Crippen LogP contribution < -0.4 is 10.6 Å². The molecule has 2 N–H and O–H groups in total. The quantitative estimate of drug-likeness (QED) is 0.812. The van der Waals surface area contributed by atoms with Crippen LogP contribution in [0.25, 0.3) is 0 Å². The van der Waals surface area contributed by atoms with Crippen molar-refractivity contribution >= 4 is 29.1 Å². The van der Waals surface area contributed by atoms with Crippen LogP contribution in [0.5, 0.6) is 0 Å². The van der Waals surface area contributed by atoms with Crippen LogP contribution in [-0.2, 0) is 15.1 Å². The lowest BCUT2D eigenvalue weighted by molar-refractivity contribution is -0.127. The van der Waals surface area contributed by atoms with Crippen molar-refractivity contribution in [3.63, 3.8) is 0 Å². The molecule has 0 heterocycles. The number of hydrogen-bond acceptors (Lipinski definition) is 2. The van der Waals surface area contributed by atoms with Gasteiger partial charge in [0.15, 0.2) is 0 Å². The first-order chi connectivity index (χ1) is 11.5. The Morgan fingerprint density at radius 2 is 1.71 bits per heavy atom. The third-order valence-corrected chi connectivity index (χ3v) is 4.59. The molecule has 0 radical (unpaired) electrons. The first-order valence-electron chi connectivity index (χ1n) is 7.92. The maximum atomic E-state index is 12.3. The molecule has 0 spiro atoms. The Hall–Kier alpha value is -2.33. The molecule has 0 bridgehead atoms. The van der Waals surface area contributed by atoms with E-state index in [1.165, 1.54) is 0 Å². The molecule has 124 valence electrons. The zero-order valence-corrected chi connectivity index (χ0v) is 14.2. The van der Waals surface area contributed by atoms with Gasteiger partial charge in [-0.05, 0) is 43.0 Å². The molecule has 4 nitrogen and oxygen atoms in total. The molecule has 0 saturated heterocycles. The Bertz CT molecular complexity index is 784. The summed E-state index contributed by atoms with van der Waals surface area (Å²) in [6.45, 7) is 1.91. The summed E-state index contributed by atoms with van der Waals surface area (Å²) in [6, 6.07) is 15.0. The third-order valence-electron chi connectivity index (χ3n) is 4.26. The van der Waals surface area contributed by atoms with E-state index in [0.29, 0.717) is 5.02 Å². The van der Waals surface area contributed by atoms with Gasteiger partial charge in [-0.25, -0.2) is 0 Å². The standard InChI is InChI=1S/C19H19ClN2O2/c1-13-6-2-5-9-16(13)21-17(23)12-18(24)22-19(10-11-19)14-7-3-4-8-15(14)20/h2-9H,10-12H2,1H3,(H,21,23)(H,22,24). The molecule has 0 aliphatic heterocycles. The number of anilines is 1. The van der Waals surface area contributed by atoms with E-state index < -0.39 is 5.54 Å². The molecule has 0 unspecified atom stereocenters. The van der Waals surface area contributed by atoms with Crippen molar-refractivity contribution in [1.82, 2.24) is 5.32 Å². The second-order valence-electron chi connectivity index (χ2n) is 6.15. The first kappa shape index (κ1) is 16.5. The molecule has 1 fully saturated rings. The third kappa shape index (κ3) is 3.60. The summed E-state index contributed by atoms with van der Waals surface area (Å²) in [5.74, 6) is -0.615. The summed E-state index contributed by atoms with van der Waals surface area (Å²) in [6.07, 6.45) is 1.46. The number of nitrogens with one attached hydrogen (secondary N) is 2. The van der Waals surface area contributed by atoms with Crippen molar-refractivity contribution in [2.75, 3.05) is 5.32 Å². The smallest absolute Gasteiger partial charge is 0.233 e. The van der Waals surface area contributed by atoms with Crippen molar-refractivity contribution in [1.29, 1.82) is 0 Å². The van der Waals surface area contributed by atoms with Crippen molar-refractivity contribution in [2.45, 2.75) is 31.7 Å². The summed E-state index contributed by atoms with van der Waals surface area (Å²) in [4.78, 5) is 24.3. The van der Waals surface area contributed by atoms with Gasteiger partial charge in [-0.15, -0.1) is 0 Å². The number of aryl methyl sites for hydroxylation is 1. The SMILES string of the molecule is Cc1ccccc1NC(=O)CC(=O)NC1(c2ccccc2Cl)CC1. The van der Waals surface area contributed by atoms with E-state index >= 15 is 0 Å². The Balaban J connectivity index is 1.61. The molecular formula is C19H19ClN2O2. The predicted molar refractivity (Wildman–Crippen MR) is 94.9 cm³/mol. The molecular weight excluding hydrogens is 324 g/mol. The van der Waals surface area contributed by atoms with Gasteiger partial charge in [0.1, 0.15) is 6.42 Å². The summed E-state index contributed by atoms with van der Waals surface area (Å²) in [5, 5.41) is 6.38. The van der Waals surface area contributed by atoms with Gasteiger partial charge in [0.25, 0.3) is 0 Å². The number of halogens is 1. The molecule has 3 rings (SSSR count). The number of benzene rings is 2. The fourth-order valence-electron chi connectivity index (χ4n) is 2.80. The molecule has 1 saturated carbocycles. The van der Waals surface area contributed by atoms with Crippen molar-refractivity contribution < 1.29 is 9.59 Å². The van der Waals surface area contributed by atoms with Gasteiger partial charge in [-0.1, -0.05) is 48.0 Å². The van der Waals surface area contributed by atoms with Gasteiger partial charge in [0.05, 0.1) is 5.54 Å². The Morgan fingerprint density at radius 1 is 1.04 bits per heavy atom. The van der Waals surface area contributed by atoms with Gasteiger partial charge in [-0.3, -0.25) is 9.59 Å². The van der Waals surface area contributed by atoms with E-state index in [4.69, 9.17) is 11.6 Å². The fourth-order valence-corrected chi connectivity index (χ4v) is 3.12. The largest absolute Gasteiger partial charge is 0.346 e. The van der Waals surface area contributed by atoms with Crippen LogP contribution in [0.4, 0.5) is 5.69 Å². The average Bonchev–Trinajstić information content (AvgIpc) is 3.30. The monoisotopic (exact) mass is 342 g/mol. The van der Waals surface area contributed by atoms with Crippen LogP contribution in [0.15, 0.2) is 48.5 Å². The number of hydrogen-bond donors (Lipinski definition) is 2. The van der Waals surface area contributed by atoms with E-state index in [-0.39, 0.29) is 18.2 Å². The van der Waals surface area contributed by atoms with E-state index in [9.17, 15) is 9.59 Å². The Kier molecular flexibility index (Phi) is 4.58. The Labute approximate surface area is 146 Å². The second-order valence-corrected chi connectivity index (χ2v) is 6.56. The molecule has 1 aliphatic carbocycles. The molecule has 0 aromatic heterocycles. The van der Waals surface area contributed by atoms with Crippen LogP contribution in [0.2, 0.25) is 5.02 Å². The lowest BCUT2D eigenvalue weighted by atomic mass is 10.0. The highest BCUT2D eigenvalue weighted by Gasteiger charge is 2.46. The van der Waals surface area contributed by atoms with Crippen molar-refractivity contribution in [2.24, 2.45) is 0 Å². The summed E-state index contributed by atoms with van der Waals surface area (Å²) >= 11 is 6.23. The van der Waals surface area contributed by atoms with E-state index in [1.54, 1.807) is 0 Å². The number of carbonyl (C=O) groups excluding carboxylic acids is 2. The minimum absolute atomic E-state index is 0.208. The Morgan fingerprint density at radius 3 is 2.38 bits per heavy atom. The number of para-hydroxylation sites is 1. The van der Waals surface area contributed by atoms with E-state index in [0.717, 1.165) is 29.7 Å². The van der Waals surface area contributed by atoms with Gasteiger partial charge >= 0.3 is 0 Å². The normalized spacial score (nSPS) is 14.8. The molecule has 24 heavy (non-hydrogen) atoms. The zero-order valence-electron chi connectivity index (χ0n) is 13.4. The average molecular weight is 343 g/mol. The van der Waals surface area contributed by atoms with Gasteiger partial charge in [0.2, 0.25) is 11.8 Å². The number of carbonyl (C=O) groups is 2. The van der Waals surface area contributed by atoms with Gasteiger partial charge in [-0.2, -0.15) is 0 Å². The highest BCUT2D eigenvalue weighted by atomic mass is 35.5. The molecule has 5 heteroatoms. The maximum Gasteiger partial charge on any atom is 0.233 e. The van der Waals surface area contributed by atoms with Crippen molar-refractivity contribution in [3.05, 3.63) is 64.7 Å². The number of amides is 2. The van der Waals surface area contributed by atoms with Gasteiger partial charge < -0.3 is 10.6 Å². The molecule has 2 aromatic rings.